The van der Waals surface area contributed by atoms with Crippen molar-refractivity contribution in [2.24, 2.45) is 39.9 Å². The highest BCUT2D eigenvalue weighted by Gasteiger charge is 2.70. The summed E-state index contributed by atoms with van der Waals surface area (Å²) < 4.78 is 0. The minimum atomic E-state index is -0.977. The second-order valence-corrected chi connectivity index (χ2v) is 19.1. The standard InChI is InChI=1S/C42H65N7O6/c1-11-22-49(39(55)43-25(2)26-15-13-12-14-16-26)46-34(50)32-31-29(42(31,9)10)24-48(32)37(53)33(41(6,7)8)45-38(54)44-30(40(3,4)5)21-23-47-35(51)27-17-18-28(20-19-27)36(47)52/h12-16,25,27-33H,11,17-24H2,1-10H3,(H,43,55)(H,46,50)(H2,44,45,54)/t25-,27?,28?,29+,30-,31+,32+,33-/m1/s1. The molecule has 5 fully saturated rings. The minimum Gasteiger partial charge on any atom is -0.335 e. The van der Waals surface area contributed by atoms with Gasteiger partial charge in [-0.05, 0) is 79.1 Å². The molecule has 8 amide bonds. The number of piperidine rings is 1. The van der Waals surface area contributed by atoms with Crippen molar-refractivity contribution in [1.29, 1.82) is 0 Å². The van der Waals surface area contributed by atoms with Gasteiger partial charge in [-0.25, -0.2) is 14.6 Å². The van der Waals surface area contributed by atoms with Gasteiger partial charge >= 0.3 is 12.1 Å². The van der Waals surface area contributed by atoms with Crippen LogP contribution in [-0.2, 0) is 19.2 Å². The van der Waals surface area contributed by atoms with Crippen LogP contribution in [0, 0.1) is 39.9 Å². The summed E-state index contributed by atoms with van der Waals surface area (Å²) in [7, 11) is 0. The average molecular weight is 764 g/mol. The molecule has 0 aromatic heterocycles. The number of hydrazine groups is 1. The van der Waals surface area contributed by atoms with Crippen molar-refractivity contribution in [2.45, 2.75) is 132 Å². The molecule has 55 heavy (non-hydrogen) atoms. The van der Waals surface area contributed by atoms with Gasteiger partial charge < -0.3 is 20.9 Å². The van der Waals surface area contributed by atoms with Crippen LogP contribution in [0.5, 0.6) is 0 Å². The highest BCUT2D eigenvalue weighted by Crippen LogP contribution is 2.65. The molecule has 0 unspecified atom stereocenters. The van der Waals surface area contributed by atoms with Crippen molar-refractivity contribution in [3.05, 3.63) is 35.9 Å². The van der Waals surface area contributed by atoms with Gasteiger partial charge in [-0.2, -0.15) is 0 Å². The van der Waals surface area contributed by atoms with Gasteiger partial charge in [0, 0.05) is 37.5 Å². The van der Waals surface area contributed by atoms with Crippen molar-refractivity contribution in [2.75, 3.05) is 19.6 Å². The monoisotopic (exact) mass is 763 g/mol. The number of carbonyl (C=O) groups excluding carboxylic acids is 6. The second-order valence-electron chi connectivity index (χ2n) is 19.1. The van der Waals surface area contributed by atoms with E-state index in [0.717, 1.165) is 31.2 Å². The van der Waals surface area contributed by atoms with Crippen molar-refractivity contribution in [3.8, 4) is 0 Å². The summed E-state index contributed by atoms with van der Waals surface area (Å²) in [6, 6.07) is 6.09. The van der Waals surface area contributed by atoms with Crippen molar-refractivity contribution in [1.82, 2.24) is 36.2 Å². The van der Waals surface area contributed by atoms with E-state index in [2.05, 4.69) is 35.2 Å². The molecule has 3 heterocycles. The Morgan fingerprint density at radius 2 is 1.45 bits per heavy atom. The third kappa shape index (κ3) is 9.12. The summed E-state index contributed by atoms with van der Waals surface area (Å²) >= 11 is 0. The zero-order valence-electron chi connectivity index (χ0n) is 34.7. The first-order valence-corrected chi connectivity index (χ1v) is 20.3. The summed E-state index contributed by atoms with van der Waals surface area (Å²) in [5, 5.41) is 10.3. The quantitative estimate of drug-likeness (QED) is 0.175. The van der Waals surface area contributed by atoms with E-state index >= 15 is 0 Å². The zero-order valence-corrected chi connectivity index (χ0v) is 34.7. The van der Waals surface area contributed by atoms with Crippen LogP contribution in [0.3, 0.4) is 0 Å². The molecule has 2 aliphatic carbocycles. The lowest BCUT2D eigenvalue weighted by Gasteiger charge is -2.39. The number of imide groups is 1. The molecule has 3 saturated heterocycles. The Kier molecular flexibility index (Phi) is 12.3. The van der Waals surface area contributed by atoms with Crippen LogP contribution in [0.4, 0.5) is 9.59 Å². The molecule has 1 aromatic carbocycles. The Bertz CT molecular complexity index is 1590. The Labute approximate surface area is 327 Å². The van der Waals surface area contributed by atoms with Gasteiger partial charge in [0.05, 0.1) is 6.04 Å². The number of hydrogen-bond acceptors (Lipinski definition) is 6. The molecule has 6 rings (SSSR count). The Hall–Kier alpha value is -4.16. The van der Waals surface area contributed by atoms with Crippen LogP contribution in [0.1, 0.15) is 119 Å². The average Bonchev–Trinajstić information content (AvgIpc) is 3.47. The summed E-state index contributed by atoms with van der Waals surface area (Å²) in [5.41, 5.74) is 2.47. The maximum atomic E-state index is 14.6. The molecule has 3 aliphatic heterocycles. The molecule has 13 nitrogen and oxygen atoms in total. The van der Waals surface area contributed by atoms with Gasteiger partial charge in [0.1, 0.15) is 12.1 Å². The lowest BCUT2D eigenvalue weighted by atomic mass is 9.84. The Morgan fingerprint density at radius 1 is 0.873 bits per heavy atom. The van der Waals surface area contributed by atoms with Crippen molar-refractivity contribution >= 4 is 35.7 Å². The molecule has 2 bridgehead atoms. The second kappa shape index (κ2) is 16.1. The number of hydrogen-bond donors (Lipinski definition) is 4. The first kappa shape index (κ1) is 42.0. The molecule has 0 radical (unpaired) electrons. The lowest BCUT2D eigenvalue weighted by Crippen LogP contribution is -2.63. The Balaban J connectivity index is 1.28. The number of amides is 8. The van der Waals surface area contributed by atoms with Gasteiger partial charge in [0.2, 0.25) is 17.7 Å². The first-order valence-electron chi connectivity index (χ1n) is 20.3. The number of likely N-dealkylation sites (tertiary alicyclic amines) is 1. The SMILES string of the molecule is CCCN(NC(=O)[C@@H]1[C@@H]2[C@H](CN1C(=O)[C@@H](NC(=O)N[C@H](CCN1C(=O)C3CCC(CC3)C1=O)C(C)(C)C)C(C)(C)C)C2(C)C)C(=O)N[C@H](C)c1ccccc1. The molecule has 6 atom stereocenters. The van der Waals surface area contributed by atoms with Gasteiger partial charge in [-0.3, -0.25) is 29.5 Å². The topological polar surface area (TPSA) is 160 Å². The molecule has 304 valence electrons. The smallest absolute Gasteiger partial charge is 0.335 e. The predicted octanol–water partition coefficient (Wildman–Crippen LogP) is 5.38. The van der Waals surface area contributed by atoms with Crippen LogP contribution < -0.4 is 21.4 Å². The molecule has 1 aromatic rings. The zero-order chi connectivity index (χ0) is 40.6. The summed E-state index contributed by atoms with van der Waals surface area (Å²) in [5.74, 6) is -1.25. The third-order valence-electron chi connectivity index (χ3n) is 12.7. The van der Waals surface area contributed by atoms with E-state index in [9.17, 15) is 28.8 Å². The minimum absolute atomic E-state index is 0.0955. The van der Waals surface area contributed by atoms with Crippen LogP contribution in [0.2, 0.25) is 0 Å². The van der Waals surface area contributed by atoms with Crippen molar-refractivity contribution < 1.29 is 28.8 Å². The molecular weight excluding hydrogens is 699 g/mol. The fraction of sp³-hybridized carbons (Fsp3) is 0.714. The number of benzene rings is 1. The van der Waals surface area contributed by atoms with Gasteiger partial charge in [0.15, 0.2) is 0 Å². The van der Waals surface area contributed by atoms with Crippen LogP contribution in [-0.4, -0.2) is 88.3 Å². The maximum absolute atomic E-state index is 14.6. The number of urea groups is 2. The fourth-order valence-corrected chi connectivity index (χ4v) is 9.01. The van der Waals surface area contributed by atoms with E-state index < -0.39 is 46.9 Å². The molecule has 4 N–H and O–H groups in total. The number of nitrogens with zero attached hydrogens (tertiary/aromatic N) is 3. The lowest BCUT2D eigenvalue weighted by molar-refractivity contribution is -0.147. The van der Waals surface area contributed by atoms with Gasteiger partial charge in [0.25, 0.3) is 5.91 Å². The third-order valence-corrected chi connectivity index (χ3v) is 12.7. The maximum Gasteiger partial charge on any atom is 0.336 e. The molecule has 5 aliphatic rings. The first-order chi connectivity index (χ1) is 25.7. The molecule has 13 heteroatoms. The molecule has 2 saturated carbocycles. The normalized spacial score (nSPS) is 26.0. The highest BCUT2D eigenvalue weighted by atomic mass is 16.2. The fourth-order valence-electron chi connectivity index (χ4n) is 9.01. The van der Waals surface area contributed by atoms with Crippen molar-refractivity contribution in [3.63, 3.8) is 0 Å². The molecule has 0 spiro atoms. The van der Waals surface area contributed by atoms with E-state index in [1.165, 1.54) is 9.91 Å². The van der Waals surface area contributed by atoms with E-state index in [-0.39, 0.29) is 65.9 Å². The van der Waals surface area contributed by atoms with E-state index in [1.54, 1.807) is 4.90 Å². The number of rotatable bonds is 11. The number of nitrogens with one attached hydrogen (secondary N) is 4. The summed E-state index contributed by atoms with van der Waals surface area (Å²) in [6.45, 7) is 20.5. The number of fused-ring (bicyclic) bond motifs is 5. The van der Waals surface area contributed by atoms with Gasteiger partial charge in [-0.1, -0.05) is 92.6 Å². The summed E-state index contributed by atoms with van der Waals surface area (Å²) in [6.07, 6.45) is 3.96. The van der Waals surface area contributed by atoms with Crippen LogP contribution in [0.15, 0.2) is 30.3 Å². The largest absolute Gasteiger partial charge is 0.336 e. The summed E-state index contributed by atoms with van der Waals surface area (Å²) in [4.78, 5) is 85.6. The highest BCUT2D eigenvalue weighted by molar-refractivity contribution is 5.99. The number of carbonyl (C=O) groups is 6. The van der Waals surface area contributed by atoms with E-state index in [0.29, 0.717) is 19.4 Å². The van der Waals surface area contributed by atoms with E-state index in [4.69, 9.17) is 0 Å². The van der Waals surface area contributed by atoms with Crippen LogP contribution >= 0.6 is 0 Å². The Morgan fingerprint density at radius 3 is 1.98 bits per heavy atom. The molecular formula is C42H65N7O6. The van der Waals surface area contributed by atoms with E-state index in [1.807, 2.05) is 85.7 Å². The van der Waals surface area contributed by atoms with Crippen LogP contribution in [0.25, 0.3) is 0 Å². The predicted molar refractivity (Wildman–Crippen MR) is 210 cm³/mol. The van der Waals surface area contributed by atoms with Gasteiger partial charge in [-0.15, -0.1) is 0 Å².